The second kappa shape index (κ2) is 8.13. The molecule has 2 heterocycles. The zero-order valence-corrected chi connectivity index (χ0v) is 14.0. The van der Waals surface area contributed by atoms with E-state index in [1.807, 2.05) is 30.3 Å². The first kappa shape index (κ1) is 17.5. The molecule has 23 heavy (non-hydrogen) atoms. The third-order valence-electron chi connectivity index (χ3n) is 4.09. The van der Waals surface area contributed by atoms with Gasteiger partial charge in [0.2, 0.25) is 0 Å². The molecule has 0 bridgehead atoms. The molecule has 1 aromatic carbocycles. The molecular weight excluding hydrogens is 314 g/mol. The van der Waals surface area contributed by atoms with Crippen molar-refractivity contribution < 1.29 is 9.32 Å². The molecule has 2 aromatic rings. The van der Waals surface area contributed by atoms with Gasteiger partial charge in [-0.2, -0.15) is 0 Å². The van der Waals surface area contributed by atoms with Crippen LogP contribution in [0.5, 0.6) is 0 Å². The van der Waals surface area contributed by atoms with Crippen molar-refractivity contribution in [3.63, 3.8) is 0 Å². The Morgan fingerprint density at radius 2 is 2.17 bits per heavy atom. The summed E-state index contributed by atoms with van der Waals surface area (Å²) < 4.78 is 5.24. The number of carbonyl (C=O) groups excluding carboxylic acids is 1. The van der Waals surface area contributed by atoms with E-state index in [1.165, 1.54) is 6.42 Å². The summed E-state index contributed by atoms with van der Waals surface area (Å²) in [6, 6.07) is 9.65. The normalized spacial score (nSPS) is 17.3. The van der Waals surface area contributed by atoms with Gasteiger partial charge >= 0.3 is 0 Å². The standard InChI is InChI=1S/C17H21N3O2.ClH/c1-12-15(16(20-22-12)14-7-3-2-4-8-14)17(21)19-11-13-6-5-9-18-10-13;/h2-4,7-8,13,18H,5-6,9-11H2,1H3,(H,19,21);1H. The molecule has 1 fully saturated rings. The van der Waals surface area contributed by atoms with Crippen molar-refractivity contribution in [1.82, 2.24) is 15.8 Å². The Bertz CT molecular complexity index is 637. The summed E-state index contributed by atoms with van der Waals surface area (Å²) >= 11 is 0. The van der Waals surface area contributed by atoms with Gasteiger partial charge in [0.25, 0.3) is 5.91 Å². The molecule has 3 rings (SSSR count). The van der Waals surface area contributed by atoms with Crippen LogP contribution in [0.4, 0.5) is 0 Å². The lowest BCUT2D eigenvalue weighted by Gasteiger charge is -2.22. The zero-order valence-electron chi connectivity index (χ0n) is 13.2. The summed E-state index contributed by atoms with van der Waals surface area (Å²) in [5.74, 6) is 0.944. The molecule has 1 aliphatic rings. The molecule has 0 spiro atoms. The van der Waals surface area contributed by atoms with Crippen LogP contribution in [0.3, 0.4) is 0 Å². The number of piperidine rings is 1. The molecular formula is C17H22ClN3O2. The van der Waals surface area contributed by atoms with Gasteiger partial charge in [0.15, 0.2) is 0 Å². The first-order chi connectivity index (χ1) is 10.8. The smallest absolute Gasteiger partial charge is 0.257 e. The van der Waals surface area contributed by atoms with Crippen LogP contribution >= 0.6 is 12.4 Å². The number of rotatable bonds is 4. The highest BCUT2D eigenvalue weighted by Gasteiger charge is 2.22. The molecule has 124 valence electrons. The number of benzene rings is 1. The van der Waals surface area contributed by atoms with Gasteiger partial charge in [-0.05, 0) is 38.8 Å². The number of nitrogens with one attached hydrogen (secondary N) is 2. The van der Waals surface area contributed by atoms with Crippen molar-refractivity contribution in [2.75, 3.05) is 19.6 Å². The zero-order chi connectivity index (χ0) is 15.4. The number of halogens is 1. The Balaban J connectivity index is 0.00000192. The lowest BCUT2D eigenvalue weighted by Crippen LogP contribution is -2.38. The Labute approximate surface area is 142 Å². The third kappa shape index (κ3) is 4.12. The number of carbonyl (C=O) groups is 1. The van der Waals surface area contributed by atoms with Crippen molar-refractivity contribution in [2.24, 2.45) is 5.92 Å². The fourth-order valence-electron chi connectivity index (χ4n) is 2.86. The topological polar surface area (TPSA) is 67.2 Å². The quantitative estimate of drug-likeness (QED) is 0.901. The van der Waals surface area contributed by atoms with Crippen LogP contribution < -0.4 is 10.6 Å². The molecule has 0 aliphatic carbocycles. The van der Waals surface area contributed by atoms with E-state index >= 15 is 0 Å². The van der Waals surface area contributed by atoms with Crippen LogP contribution in [0.25, 0.3) is 11.3 Å². The largest absolute Gasteiger partial charge is 0.360 e. The average molecular weight is 336 g/mol. The Hall–Kier alpha value is -1.85. The lowest BCUT2D eigenvalue weighted by molar-refractivity contribution is 0.0944. The fourth-order valence-corrected chi connectivity index (χ4v) is 2.86. The average Bonchev–Trinajstić information content (AvgIpc) is 2.96. The first-order valence-corrected chi connectivity index (χ1v) is 7.76. The van der Waals surface area contributed by atoms with Crippen molar-refractivity contribution in [3.8, 4) is 11.3 Å². The van der Waals surface area contributed by atoms with Crippen LogP contribution in [-0.4, -0.2) is 30.7 Å². The van der Waals surface area contributed by atoms with Crippen molar-refractivity contribution in [1.29, 1.82) is 0 Å². The van der Waals surface area contributed by atoms with Gasteiger partial charge in [0.05, 0.1) is 0 Å². The van der Waals surface area contributed by atoms with Crippen molar-refractivity contribution >= 4 is 18.3 Å². The van der Waals surface area contributed by atoms with E-state index in [-0.39, 0.29) is 18.3 Å². The van der Waals surface area contributed by atoms with Gasteiger partial charge in [-0.1, -0.05) is 35.5 Å². The molecule has 0 radical (unpaired) electrons. The molecule has 2 N–H and O–H groups in total. The number of hydrogen-bond acceptors (Lipinski definition) is 4. The summed E-state index contributed by atoms with van der Waals surface area (Å²) in [7, 11) is 0. The van der Waals surface area contributed by atoms with E-state index < -0.39 is 0 Å². The highest BCUT2D eigenvalue weighted by atomic mass is 35.5. The maximum Gasteiger partial charge on any atom is 0.257 e. The molecule has 1 amide bonds. The van der Waals surface area contributed by atoms with Crippen LogP contribution in [0, 0.1) is 12.8 Å². The lowest BCUT2D eigenvalue weighted by atomic mass is 9.99. The van der Waals surface area contributed by atoms with Crippen molar-refractivity contribution in [3.05, 3.63) is 41.7 Å². The van der Waals surface area contributed by atoms with E-state index in [9.17, 15) is 4.79 Å². The minimum absolute atomic E-state index is 0. The number of hydrogen-bond donors (Lipinski definition) is 2. The van der Waals surface area contributed by atoms with E-state index in [0.717, 1.165) is 25.1 Å². The fraction of sp³-hybridized carbons (Fsp3) is 0.412. The Kier molecular flexibility index (Phi) is 6.19. The van der Waals surface area contributed by atoms with Crippen molar-refractivity contribution in [2.45, 2.75) is 19.8 Å². The maximum absolute atomic E-state index is 12.5. The maximum atomic E-state index is 12.5. The Morgan fingerprint density at radius 1 is 1.39 bits per heavy atom. The number of amides is 1. The SMILES string of the molecule is Cc1onc(-c2ccccc2)c1C(=O)NCC1CCCNC1.Cl. The predicted octanol–water partition coefficient (Wildman–Crippen LogP) is 2.80. The Morgan fingerprint density at radius 3 is 2.87 bits per heavy atom. The third-order valence-corrected chi connectivity index (χ3v) is 4.09. The van der Waals surface area contributed by atoms with Gasteiger partial charge < -0.3 is 15.2 Å². The van der Waals surface area contributed by atoms with Gasteiger partial charge in [0, 0.05) is 12.1 Å². The number of aryl methyl sites for hydroxylation is 1. The predicted molar refractivity (Wildman–Crippen MR) is 91.9 cm³/mol. The van der Waals surface area contributed by atoms with Gasteiger partial charge in [0.1, 0.15) is 17.0 Å². The molecule has 1 atom stereocenters. The molecule has 1 aliphatic heterocycles. The van der Waals surface area contributed by atoms with Gasteiger partial charge in [-0.25, -0.2) is 0 Å². The van der Waals surface area contributed by atoms with E-state index in [0.29, 0.717) is 29.5 Å². The summed E-state index contributed by atoms with van der Waals surface area (Å²) in [5.41, 5.74) is 2.04. The highest BCUT2D eigenvalue weighted by molar-refractivity contribution is 6.00. The molecule has 1 aromatic heterocycles. The summed E-state index contributed by atoms with van der Waals surface area (Å²) in [4.78, 5) is 12.5. The van der Waals surface area contributed by atoms with E-state index in [4.69, 9.17) is 4.52 Å². The molecule has 0 saturated carbocycles. The summed E-state index contributed by atoms with van der Waals surface area (Å²) in [5, 5.41) is 10.4. The first-order valence-electron chi connectivity index (χ1n) is 7.76. The van der Waals surface area contributed by atoms with Crippen LogP contribution in [-0.2, 0) is 0 Å². The highest BCUT2D eigenvalue weighted by Crippen LogP contribution is 2.25. The molecule has 1 saturated heterocycles. The van der Waals surface area contributed by atoms with Crippen LogP contribution in [0.1, 0.15) is 29.0 Å². The molecule has 6 heteroatoms. The summed E-state index contributed by atoms with van der Waals surface area (Å²) in [6.45, 7) is 4.50. The van der Waals surface area contributed by atoms with Crippen LogP contribution in [0.15, 0.2) is 34.9 Å². The summed E-state index contributed by atoms with van der Waals surface area (Å²) in [6.07, 6.45) is 2.32. The minimum Gasteiger partial charge on any atom is -0.360 e. The van der Waals surface area contributed by atoms with Gasteiger partial charge in [-0.15, -0.1) is 12.4 Å². The number of aromatic nitrogens is 1. The second-order valence-electron chi connectivity index (χ2n) is 5.75. The number of nitrogens with zero attached hydrogens (tertiary/aromatic N) is 1. The van der Waals surface area contributed by atoms with Crippen LogP contribution in [0.2, 0.25) is 0 Å². The monoisotopic (exact) mass is 335 g/mol. The molecule has 1 unspecified atom stereocenters. The second-order valence-corrected chi connectivity index (χ2v) is 5.75. The molecule has 5 nitrogen and oxygen atoms in total. The van der Waals surface area contributed by atoms with Gasteiger partial charge in [-0.3, -0.25) is 4.79 Å². The van der Waals surface area contributed by atoms with E-state index in [1.54, 1.807) is 6.92 Å². The minimum atomic E-state index is -0.108. The van der Waals surface area contributed by atoms with E-state index in [2.05, 4.69) is 15.8 Å².